The Morgan fingerprint density at radius 1 is 1.25 bits per heavy atom. The SMILES string of the molecule is CC(C)[C@]12CC[C@](C)(O)[C@H](O[Si](C)(C)C(C)(C)C)[C@H]1O2. The molecule has 118 valence electrons. The molecular weight excluding hydrogens is 268 g/mol. The van der Waals surface area contributed by atoms with Crippen molar-refractivity contribution in [1.29, 1.82) is 0 Å². The maximum atomic E-state index is 10.8. The first kappa shape index (κ1) is 16.5. The molecule has 1 aliphatic carbocycles. The third-order valence-electron chi connectivity index (χ3n) is 5.89. The van der Waals surface area contributed by atoms with E-state index in [-0.39, 0.29) is 22.8 Å². The summed E-state index contributed by atoms with van der Waals surface area (Å²) in [6.45, 7) is 17.5. The van der Waals surface area contributed by atoms with E-state index in [4.69, 9.17) is 9.16 Å². The van der Waals surface area contributed by atoms with Crippen LogP contribution in [0.4, 0.5) is 0 Å². The molecule has 0 aromatic heterocycles. The molecule has 4 heteroatoms. The second-order valence-electron chi connectivity index (χ2n) is 8.80. The molecule has 4 atom stereocenters. The zero-order valence-electron chi connectivity index (χ0n) is 14.4. The summed E-state index contributed by atoms with van der Waals surface area (Å²) < 4.78 is 12.6. The highest BCUT2D eigenvalue weighted by Gasteiger charge is 2.69. The molecule has 2 rings (SSSR count). The van der Waals surface area contributed by atoms with E-state index in [9.17, 15) is 5.11 Å². The summed E-state index contributed by atoms with van der Waals surface area (Å²) >= 11 is 0. The van der Waals surface area contributed by atoms with Gasteiger partial charge in [0.1, 0.15) is 12.2 Å². The van der Waals surface area contributed by atoms with Crippen LogP contribution in [0.25, 0.3) is 0 Å². The predicted octanol–water partition coefficient (Wildman–Crippen LogP) is 3.72. The summed E-state index contributed by atoms with van der Waals surface area (Å²) in [5.74, 6) is 0.481. The summed E-state index contributed by atoms with van der Waals surface area (Å²) in [6, 6.07) is 0. The largest absolute Gasteiger partial charge is 0.408 e. The Bertz CT molecular complexity index is 384. The van der Waals surface area contributed by atoms with Crippen LogP contribution in [0.5, 0.6) is 0 Å². The number of fused-ring (bicyclic) bond motifs is 1. The highest BCUT2D eigenvalue weighted by atomic mass is 28.4. The van der Waals surface area contributed by atoms with Gasteiger partial charge in [-0.3, -0.25) is 0 Å². The van der Waals surface area contributed by atoms with Gasteiger partial charge >= 0.3 is 0 Å². The lowest BCUT2D eigenvalue weighted by atomic mass is 9.73. The molecule has 1 saturated carbocycles. The Morgan fingerprint density at radius 3 is 2.25 bits per heavy atom. The van der Waals surface area contributed by atoms with Gasteiger partial charge in [0.05, 0.1) is 11.2 Å². The fraction of sp³-hybridized carbons (Fsp3) is 1.00. The molecule has 1 saturated heterocycles. The van der Waals surface area contributed by atoms with Crippen LogP contribution < -0.4 is 0 Å². The minimum Gasteiger partial charge on any atom is -0.408 e. The maximum absolute atomic E-state index is 10.8. The summed E-state index contributed by atoms with van der Waals surface area (Å²) in [6.07, 6.45) is 1.60. The van der Waals surface area contributed by atoms with E-state index in [1.807, 2.05) is 6.92 Å². The van der Waals surface area contributed by atoms with Crippen LogP contribution >= 0.6 is 0 Å². The highest BCUT2D eigenvalue weighted by Crippen LogP contribution is 2.57. The molecule has 2 aliphatic rings. The van der Waals surface area contributed by atoms with Crippen LogP contribution in [0.2, 0.25) is 18.1 Å². The molecule has 0 radical (unpaired) electrons. The highest BCUT2D eigenvalue weighted by molar-refractivity contribution is 6.74. The number of rotatable bonds is 3. The van der Waals surface area contributed by atoms with Crippen LogP contribution in [0, 0.1) is 5.92 Å². The van der Waals surface area contributed by atoms with E-state index in [0.29, 0.717) is 5.92 Å². The lowest BCUT2D eigenvalue weighted by Gasteiger charge is -2.45. The fourth-order valence-electron chi connectivity index (χ4n) is 3.07. The van der Waals surface area contributed by atoms with Crippen molar-refractivity contribution in [3.63, 3.8) is 0 Å². The molecule has 0 aromatic carbocycles. The number of ether oxygens (including phenoxy) is 1. The van der Waals surface area contributed by atoms with Crippen molar-refractivity contribution in [1.82, 2.24) is 0 Å². The van der Waals surface area contributed by atoms with Crippen molar-refractivity contribution in [2.75, 3.05) is 0 Å². The lowest BCUT2D eigenvalue weighted by molar-refractivity contribution is -0.0804. The van der Waals surface area contributed by atoms with Gasteiger partial charge in [-0.2, -0.15) is 0 Å². The molecule has 0 spiro atoms. The molecule has 1 aliphatic heterocycles. The molecular formula is C16H32O3Si. The first-order chi connectivity index (χ1) is 8.83. The average molecular weight is 301 g/mol. The van der Waals surface area contributed by atoms with Crippen LogP contribution in [-0.2, 0) is 9.16 Å². The third kappa shape index (κ3) is 2.49. The van der Waals surface area contributed by atoms with E-state index >= 15 is 0 Å². The molecule has 0 unspecified atom stereocenters. The van der Waals surface area contributed by atoms with Gasteiger partial charge in [0, 0.05) is 0 Å². The van der Waals surface area contributed by atoms with Crippen molar-refractivity contribution < 1.29 is 14.3 Å². The normalized spacial score (nSPS) is 41.7. The Morgan fingerprint density at radius 2 is 1.80 bits per heavy atom. The minimum absolute atomic E-state index is 0.0464. The molecule has 1 heterocycles. The zero-order chi connectivity index (χ0) is 15.6. The summed E-state index contributed by atoms with van der Waals surface area (Å²) in [7, 11) is -1.90. The second-order valence-corrected chi connectivity index (χ2v) is 13.6. The molecule has 0 aromatic rings. The monoisotopic (exact) mass is 300 g/mol. The van der Waals surface area contributed by atoms with Crippen LogP contribution in [0.15, 0.2) is 0 Å². The molecule has 1 N–H and O–H groups in total. The Kier molecular flexibility index (Phi) is 3.74. The number of epoxide rings is 1. The lowest BCUT2D eigenvalue weighted by Crippen LogP contribution is -2.57. The van der Waals surface area contributed by atoms with Gasteiger partial charge in [-0.05, 0) is 43.8 Å². The molecule has 0 amide bonds. The van der Waals surface area contributed by atoms with Gasteiger partial charge in [0.15, 0.2) is 8.32 Å². The Balaban J connectivity index is 2.21. The first-order valence-corrected chi connectivity index (χ1v) is 10.8. The fourth-order valence-corrected chi connectivity index (χ4v) is 4.44. The molecule has 2 fully saturated rings. The van der Waals surface area contributed by atoms with Crippen molar-refractivity contribution in [3.8, 4) is 0 Å². The zero-order valence-corrected chi connectivity index (χ0v) is 15.4. The van der Waals surface area contributed by atoms with Crippen molar-refractivity contribution in [2.45, 2.75) is 95.9 Å². The first-order valence-electron chi connectivity index (χ1n) is 7.91. The predicted molar refractivity (Wildman–Crippen MR) is 84.4 cm³/mol. The van der Waals surface area contributed by atoms with Gasteiger partial charge in [0.2, 0.25) is 0 Å². The topological polar surface area (TPSA) is 42.0 Å². The summed E-state index contributed by atoms with van der Waals surface area (Å²) in [4.78, 5) is 0. The van der Waals surface area contributed by atoms with E-state index < -0.39 is 13.9 Å². The maximum Gasteiger partial charge on any atom is 0.192 e. The van der Waals surface area contributed by atoms with Crippen molar-refractivity contribution in [3.05, 3.63) is 0 Å². The van der Waals surface area contributed by atoms with E-state index in [2.05, 4.69) is 47.7 Å². The van der Waals surface area contributed by atoms with Crippen molar-refractivity contribution >= 4 is 8.32 Å². The minimum atomic E-state index is -1.90. The number of hydrogen-bond donors (Lipinski definition) is 1. The average Bonchev–Trinajstić information content (AvgIpc) is 2.97. The number of aliphatic hydroxyl groups is 1. The van der Waals surface area contributed by atoms with Crippen LogP contribution in [0.1, 0.15) is 54.4 Å². The number of hydrogen-bond acceptors (Lipinski definition) is 3. The van der Waals surface area contributed by atoms with Gasteiger partial charge in [-0.25, -0.2) is 0 Å². The van der Waals surface area contributed by atoms with Crippen LogP contribution in [-0.4, -0.2) is 36.8 Å². The van der Waals surface area contributed by atoms with E-state index in [1.165, 1.54) is 0 Å². The summed E-state index contributed by atoms with van der Waals surface area (Å²) in [5, 5.41) is 10.9. The second kappa shape index (κ2) is 4.54. The smallest absolute Gasteiger partial charge is 0.192 e. The quantitative estimate of drug-likeness (QED) is 0.638. The van der Waals surface area contributed by atoms with Gasteiger partial charge in [-0.15, -0.1) is 0 Å². The van der Waals surface area contributed by atoms with Gasteiger partial charge in [0.25, 0.3) is 0 Å². The third-order valence-corrected chi connectivity index (χ3v) is 10.3. The Labute approximate surface area is 125 Å². The molecule has 3 nitrogen and oxygen atoms in total. The Hall–Kier alpha value is 0.0969. The van der Waals surface area contributed by atoms with E-state index in [0.717, 1.165) is 12.8 Å². The molecule has 20 heavy (non-hydrogen) atoms. The van der Waals surface area contributed by atoms with E-state index in [1.54, 1.807) is 0 Å². The van der Waals surface area contributed by atoms with Crippen LogP contribution in [0.3, 0.4) is 0 Å². The van der Waals surface area contributed by atoms with Gasteiger partial charge in [-0.1, -0.05) is 34.6 Å². The molecule has 0 bridgehead atoms. The van der Waals surface area contributed by atoms with Gasteiger partial charge < -0.3 is 14.3 Å². The standard InChI is InChI=1S/C16H32O3Si/c1-11(2)16-10-9-15(6,17)12(13(16)18-16)19-20(7,8)14(3,4)5/h11-13,17H,9-10H2,1-8H3/t12-,13-,15+,16-/m1/s1. The summed E-state index contributed by atoms with van der Waals surface area (Å²) in [5.41, 5.74) is -0.815. The van der Waals surface area contributed by atoms with Crippen molar-refractivity contribution in [2.24, 2.45) is 5.92 Å².